The molecule has 0 aliphatic carbocycles. The van der Waals surface area contributed by atoms with Crippen molar-refractivity contribution in [2.24, 2.45) is 0 Å². The molecule has 31 heavy (non-hydrogen) atoms. The van der Waals surface area contributed by atoms with Crippen LogP contribution in [0.15, 0.2) is 67.4 Å². The van der Waals surface area contributed by atoms with Crippen LogP contribution < -0.4 is 0 Å². The Morgan fingerprint density at radius 3 is 2.42 bits per heavy atom. The summed E-state index contributed by atoms with van der Waals surface area (Å²) in [6.07, 6.45) is 3.50. The van der Waals surface area contributed by atoms with E-state index in [1.54, 1.807) is 35.5 Å². The lowest BCUT2D eigenvalue weighted by molar-refractivity contribution is -0.137. The van der Waals surface area contributed by atoms with E-state index in [-0.39, 0.29) is 17.9 Å². The van der Waals surface area contributed by atoms with Gasteiger partial charge in [-0.15, -0.1) is 0 Å². The summed E-state index contributed by atoms with van der Waals surface area (Å²) in [4.78, 5) is 8.29. The molecular weight excluding hydrogens is 412 g/mol. The lowest BCUT2D eigenvalue weighted by Crippen LogP contribution is -2.05. The van der Waals surface area contributed by atoms with E-state index < -0.39 is 17.6 Å². The second kappa shape index (κ2) is 8.27. The zero-order chi connectivity index (χ0) is 22.0. The molecule has 0 saturated carbocycles. The highest BCUT2D eigenvalue weighted by molar-refractivity contribution is 5.74. The monoisotopic (exact) mass is 428 g/mol. The Hall–Kier alpha value is -3.59. The molecule has 0 aliphatic heterocycles. The molecule has 4 aromatic rings. The molecule has 0 bridgehead atoms. The number of hydrogen-bond acceptors (Lipinski definition) is 4. The van der Waals surface area contributed by atoms with Gasteiger partial charge < -0.3 is 5.11 Å². The van der Waals surface area contributed by atoms with Gasteiger partial charge in [-0.1, -0.05) is 0 Å². The molecule has 9 heteroatoms. The zero-order valence-electron chi connectivity index (χ0n) is 16.0. The summed E-state index contributed by atoms with van der Waals surface area (Å²) in [7, 11) is 0. The zero-order valence-corrected chi connectivity index (χ0v) is 16.0. The van der Waals surface area contributed by atoms with Gasteiger partial charge in [-0.2, -0.15) is 18.3 Å². The molecule has 1 aromatic carbocycles. The van der Waals surface area contributed by atoms with Crippen LogP contribution in [0.3, 0.4) is 0 Å². The Morgan fingerprint density at radius 1 is 0.903 bits per heavy atom. The van der Waals surface area contributed by atoms with Gasteiger partial charge in [-0.3, -0.25) is 14.6 Å². The highest BCUT2D eigenvalue weighted by Crippen LogP contribution is 2.34. The van der Waals surface area contributed by atoms with Crippen molar-refractivity contribution >= 4 is 0 Å². The van der Waals surface area contributed by atoms with E-state index in [1.807, 2.05) is 6.07 Å². The van der Waals surface area contributed by atoms with E-state index >= 15 is 0 Å². The summed E-state index contributed by atoms with van der Waals surface area (Å²) in [5.74, 6) is -0.791. The third-order valence-electron chi connectivity index (χ3n) is 4.70. The minimum atomic E-state index is -4.58. The van der Waals surface area contributed by atoms with Crippen LogP contribution in [0.1, 0.15) is 5.56 Å². The number of nitrogens with zero attached hydrogens (tertiary/aromatic N) is 4. The number of aliphatic hydroxyl groups excluding tert-OH is 1. The fourth-order valence-corrected chi connectivity index (χ4v) is 3.15. The van der Waals surface area contributed by atoms with Crippen LogP contribution in [0.2, 0.25) is 0 Å². The fourth-order valence-electron chi connectivity index (χ4n) is 3.15. The summed E-state index contributed by atoms with van der Waals surface area (Å²) in [5.41, 5.74) is 1.78. The summed E-state index contributed by atoms with van der Waals surface area (Å²) < 4.78 is 55.0. The summed E-state index contributed by atoms with van der Waals surface area (Å²) in [6.45, 7) is 0.328. The molecule has 158 valence electrons. The molecular formula is C22H16F4N4O. The van der Waals surface area contributed by atoms with Gasteiger partial charge >= 0.3 is 6.18 Å². The number of pyridine rings is 2. The van der Waals surface area contributed by atoms with Gasteiger partial charge in [0.1, 0.15) is 5.82 Å². The van der Waals surface area contributed by atoms with Crippen LogP contribution in [-0.4, -0.2) is 31.5 Å². The molecule has 0 aliphatic rings. The maximum absolute atomic E-state index is 14.3. The lowest BCUT2D eigenvalue weighted by Gasteiger charge is -2.11. The van der Waals surface area contributed by atoms with E-state index in [2.05, 4.69) is 15.1 Å². The molecule has 0 unspecified atom stereocenters. The van der Waals surface area contributed by atoms with Crippen LogP contribution in [-0.2, 0) is 12.7 Å². The largest absolute Gasteiger partial charge is 0.416 e. The van der Waals surface area contributed by atoms with E-state index in [4.69, 9.17) is 5.11 Å². The van der Waals surface area contributed by atoms with Crippen molar-refractivity contribution in [2.45, 2.75) is 12.7 Å². The Labute approximate surface area is 174 Å². The van der Waals surface area contributed by atoms with Gasteiger partial charge in [-0.05, 0) is 42.0 Å². The molecule has 1 N–H and O–H groups in total. The number of hydrogen-bond donors (Lipinski definition) is 1. The number of alkyl halides is 3. The van der Waals surface area contributed by atoms with Crippen LogP contribution in [0.5, 0.6) is 0 Å². The van der Waals surface area contributed by atoms with Crippen LogP contribution in [0.25, 0.3) is 33.5 Å². The fraction of sp³-hybridized carbons (Fsp3) is 0.136. The Bertz CT molecular complexity index is 1220. The Morgan fingerprint density at radius 2 is 1.68 bits per heavy atom. The molecule has 5 nitrogen and oxygen atoms in total. The third-order valence-corrected chi connectivity index (χ3v) is 4.70. The molecule has 0 saturated heterocycles. The molecule has 4 rings (SSSR count). The molecule has 0 radical (unpaired) electrons. The topological polar surface area (TPSA) is 63.8 Å². The van der Waals surface area contributed by atoms with Gasteiger partial charge in [0.15, 0.2) is 0 Å². The second-order valence-corrected chi connectivity index (χ2v) is 6.80. The predicted molar refractivity (Wildman–Crippen MR) is 106 cm³/mol. The van der Waals surface area contributed by atoms with Gasteiger partial charge in [0.25, 0.3) is 0 Å². The number of halogens is 4. The maximum Gasteiger partial charge on any atom is 0.416 e. The van der Waals surface area contributed by atoms with Crippen molar-refractivity contribution in [3.05, 3.63) is 78.8 Å². The van der Waals surface area contributed by atoms with Crippen LogP contribution in [0, 0.1) is 5.82 Å². The third kappa shape index (κ3) is 4.46. The van der Waals surface area contributed by atoms with E-state index in [9.17, 15) is 17.6 Å². The Kier molecular flexibility index (Phi) is 5.51. The lowest BCUT2D eigenvalue weighted by atomic mass is 10.0. The van der Waals surface area contributed by atoms with Gasteiger partial charge in [0.2, 0.25) is 0 Å². The van der Waals surface area contributed by atoms with Crippen molar-refractivity contribution in [1.82, 2.24) is 19.7 Å². The van der Waals surface area contributed by atoms with E-state index in [0.29, 0.717) is 23.7 Å². The maximum atomic E-state index is 14.3. The highest BCUT2D eigenvalue weighted by Gasteiger charge is 2.31. The number of benzene rings is 1. The molecule has 0 fully saturated rings. The van der Waals surface area contributed by atoms with E-state index in [1.165, 1.54) is 12.3 Å². The average Bonchev–Trinajstić information content (AvgIpc) is 3.22. The van der Waals surface area contributed by atoms with Crippen molar-refractivity contribution in [2.75, 3.05) is 6.61 Å². The number of aromatic nitrogens is 4. The molecule has 0 spiro atoms. The van der Waals surface area contributed by atoms with Crippen molar-refractivity contribution in [1.29, 1.82) is 0 Å². The quantitative estimate of drug-likeness (QED) is 0.463. The second-order valence-electron chi connectivity index (χ2n) is 6.80. The normalized spacial score (nSPS) is 11.6. The minimum Gasteiger partial charge on any atom is -0.394 e. The summed E-state index contributed by atoms with van der Waals surface area (Å²) in [6, 6.07) is 7.28. The predicted octanol–water partition coefficient (Wildman–Crippen LogP) is 4.82. The van der Waals surface area contributed by atoms with E-state index in [0.717, 1.165) is 23.3 Å². The van der Waals surface area contributed by atoms with Crippen LogP contribution in [0.4, 0.5) is 17.6 Å². The van der Waals surface area contributed by atoms with Gasteiger partial charge in [0.05, 0.1) is 30.6 Å². The number of rotatable bonds is 5. The van der Waals surface area contributed by atoms with Crippen molar-refractivity contribution in [3.63, 3.8) is 0 Å². The molecule has 0 atom stereocenters. The first kappa shape index (κ1) is 20.7. The Balaban J connectivity index is 1.71. The first-order valence-corrected chi connectivity index (χ1v) is 9.27. The molecule has 3 heterocycles. The standard InChI is InChI=1S/C22H16F4N4O/c23-20-2-1-18(22(24,25)26)9-19(20)21-8-14(3-4-28-21)15-7-16(11-27-10-15)17-12-29-30(13-17)5-6-31/h1-4,7-13,31H,5-6H2. The smallest absolute Gasteiger partial charge is 0.394 e. The first-order chi connectivity index (χ1) is 14.8. The van der Waals surface area contributed by atoms with Gasteiger partial charge in [-0.25, -0.2) is 4.39 Å². The van der Waals surface area contributed by atoms with Gasteiger partial charge in [0, 0.05) is 47.0 Å². The summed E-state index contributed by atoms with van der Waals surface area (Å²) in [5, 5.41) is 13.2. The number of aliphatic hydroxyl groups is 1. The average molecular weight is 428 g/mol. The first-order valence-electron chi connectivity index (χ1n) is 9.27. The highest BCUT2D eigenvalue weighted by atomic mass is 19.4. The van der Waals surface area contributed by atoms with Crippen molar-refractivity contribution < 1.29 is 22.7 Å². The SMILES string of the molecule is OCCn1cc(-c2cncc(-c3ccnc(-c4cc(C(F)(F)F)ccc4F)c3)c2)cn1. The molecule has 0 amide bonds. The van der Waals surface area contributed by atoms with Crippen LogP contribution >= 0.6 is 0 Å². The van der Waals surface area contributed by atoms with Crippen molar-refractivity contribution in [3.8, 4) is 33.5 Å². The molecule has 3 aromatic heterocycles. The minimum absolute atomic E-state index is 0.0364. The summed E-state index contributed by atoms with van der Waals surface area (Å²) >= 11 is 0.